The Labute approximate surface area is 226 Å². The number of thiophene rings is 1. The maximum atomic E-state index is 14.7. The second kappa shape index (κ2) is 11.2. The molecule has 0 atom stereocenters. The Hall–Kier alpha value is -2.93. The van der Waals surface area contributed by atoms with Crippen molar-refractivity contribution in [2.45, 2.75) is 44.3 Å². The quantitative estimate of drug-likeness (QED) is 0.250. The van der Waals surface area contributed by atoms with Crippen LogP contribution in [0.5, 0.6) is 5.75 Å². The molecule has 0 unspecified atom stereocenters. The summed E-state index contributed by atoms with van der Waals surface area (Å²) in [6, 6.07) is 16.1. The molecule has 0 radical (unpaired) electrons. The molecule has 5 rings (SSSR count). The van der Waals surface area contributed by atoms with Gasteiger partial charge in [0.2, 0.25) is 0 Å². The number of nitrogens with one attached hydrogen (secondary N) is 1. The van der Waals surface area contributed by atoms with Gasteiger partial charge in [0, 0.05) is 57.9 Å². The lowest BCUT2D eigenvalue weighted by atomic mass is 9.89. The molecule has 1 aliphatic carbocycles. The molecule has 1 N–H and O–H groups in total. The third kappa shape index (κ3) is 5.24. The zero-order chi connectivity index (χ0) is 25.9. The first kappa shape index (κ1) is 25.7. The van der Waals surface area contributed by atoms with Gasteiger partial charge in [-0.1, -0.05) is 36.4 Å². The van der Waals surface area contributed by atoms with Crippen LogP contribution in [0.1, 0.15) is 36.1 Å². The van der Waals surface area contributed by atoms with Crippen molar-refractivity contribution in [1.29, 1.82) is 0 Å². The van der Waals surface area contributed by atoms with Gasteiger partial charge in [-0.3, -0.25) is 4.98 Å². The third-order valence-corrected chi connectivity index (χ3v) is 9.07. The van der Waals surface area contributed by atoms with Gasteiger partial charge in [0.15, 0.2) is 0 Å². The van der Waals surface area contributed by atoms with Gasteiger partial charge in [-0.2, -0.15) is 0 Å². The van der Waals surface area contributed by atoms with Crippen LogP contribution in [0.2, 0.25) is 5.02 Å². The standard InChI is InChI=1S/C30H31ClFN3OS/c1-19(30-29(31)28-25(32)7-4-8-27(28)37-30)35(24-12-10-23(33-2)11-13-24)18-22-16-20(9-14-26(22)36-3)21-6-5-15-34-17-21/h4-9,14-17,23-24,33H,1,10-13,18H2,2-3H3. The SMILES string of the molecule is C=C(c1sc2cccc(F)c2c1Cl)N(Cc1cc(-c2cccnc2)ccc1OC)C1CCC(NC)CC1. The lowest BCUT2D eigenvalue weighted by molar-refractivity contribution is 0.203. The summed E-state index contributed by atoms with van der Waals surface area (Å²) >= 11 is 8.29. The molecular weight excluding hydrogens is 505 g/mol. The Morgan fingerprint density at radius 2 is 1.97 bits per heavy atom. The van der Waals surface area contributed by atoms with E-state index in [0.717, 1.165) is 63.4 Å². The fraction of sp³-hybridized carbons (Fsp3) is 0.300. The van der Waals surface area contributed by atoms with E-state index in [1.54, 1.807) is 19.4 Å². The molecule has 2 aromatic carbocycles. The van der Waals surface area contributed by atoms with Crippen molar-refractivity contribution >= 4 is 38.7 Å². The monoisotopic (exact) mass is 535 g/mol. The van der Waals surface area contributed by atoms with Crippen molar-refractivity contribution in [3.8, 4) is 16.9 Å². The van der Waals surface area contributed by atoms with Crippen LogP contribution in [0, 0.1) is 5.82 Å². The summed E-state index contributed by atoms with van der Waals surface area (Å²) < 4.78 is 21.3. The average molecular weight is 536 g/mol. The summed E-state index contributed by atoms with van der Waals surface area (Å²) in [4.78, 5) is 7.45. The first-order valence-corrected chi connectivity index (χ1v) is 13.8. The Balaban J connectivity index is 1.54. The van der Waals surface area contributed by atoms with Crippen molar-refractivity contribution in [2.75, 3.05) is 14.2 Å². The second-order valence-corrected chi connectivity index (χ2v) is 10.9. The van der Waals surface area contributed by atoms with E-state index < -0.39 is 0 Å². The van der Waals surface area contributed by atoms with E-state index in [1.807, 2.05) is 31.4 Å². The summed E-state index contributed by atoms with van der Waals surface area (Å²) in [5.41, 5.74) is 4.01. The van der Waals surface area contributed by atoms with Gasteiger partial charge in [-0.05, 0) is 68.6 Å². The van der Waals surface area contributed by atoms with Crippen LogP contribution in [-0.2, 0) is 6.54 Å². The molecule has 7 heteroatoms. The molecule has 1 saturated carbocycles. The van der Waals surface area contributed by atoms with E-state index in [2.05, 4.69) is 40.0 Å². The first-order valence-electron chi connectivity index (χ1n) is 12.6. The number of ether oxygens (including phenoxy) is 1. The fourth-order valence-electron chi connectivity index (χ4n) is 5.31. The van der Waals surface area contributed by atoms with Gasteiger partial charge in [-0.15, -0.1) is 11.3 Å². The first-order chi connectivity index (χ1) is 18.0. The van der Waals surface area contributed by atoms with Crippen LogP contribution in [0.15, 0.2) is 67.5 Å². The number of benzene rings is 2. The number of nitrogens with zero attached hydrogens (tertiary/aromatic N) is 2. The predicted molar refractivity (Wildman–Crippen MR) is 153 cm³/mol. The summed E-state index contributed by atoms with van der Waals surface area (Å²) in [5, 5.41) is 4.33. The maximum absolute atomic E-state index is 14.7. The second-order valence-electron chi connectivity index (χ2n) is 9.50. The molecule has 0 amide bonds. The summed E-state index contributed by atoms with van der Waals surface area (Å²) in [5.74, 6) is 0.521. The number of hydrogen-bond acceptors (Lipinski definition) is 5. The van der Waals surface area contributed by atoms with Crippen LogP contribution < -0.4 is 10.1 Å². The predicted octanol–water partition coefficient (Wildman–Crippen LogP) is 7.77. The largest absolute Gasteiger partial charge is 0.496 e. The number of methoxy groups -OCH3 is 1. The molecule has 1 fully saturated rings. The highest BCUT2D eigenvalue weighted by atomic mass is 35.5. The smallest absolute Gasteiger partial charge is 0.133 e. The van der Waals surface area contributed by atoms with Gasteiger partial charge in [-0.25, -0.2) is 4.39 Å². The zero-order valence-electron chi connectivity index (χ0n) is 21.1. The Kier molecular flexibility index (Phi) is 7.79. The molecule has 4 nitrogen and oxygen atoms in total. The van der Waals surface area contributed by atoms with E-state index in [9.17, 15) is 4.39 Å². The molecule has 2 aromatic heterocycles. The van der Waals surface area contributed by atoms with Gasteiger partial charge < -0.3 is 15.0 Å². The normalized spacial score (nSPS) is 17.6. The fourth-order valence-corrected chi connectivity index (χ4v) is 6.87. The highest BCUT2D eigenvalue weighted by Gasteiger charge is 2.29. The van der Waals surface area contributed by atoms with Gasteiger partial charge in [0.05, 0.1) is 17.0 Å². The van der Waals surface area contributed by atoms with Gasteiger partial charge in [0.25, 0.3) is 0 Å². The van der Waals surface area contributed by atoms with Crippen molar-refractivity contribution in [3.63, 3.8) is 0 Å². The number of rotatable bonds is 8. The summed E-state index contributed by atoms with van der Waals surface area (Å²) in [6.45, 7) is 5.13. The maximum Gasteiger partial charge on any atom is 0.133 e. The number of fused-ring (bicyclic) bond motifs is 1. The van der Waals surface area contributed by atoms with Crippen molar-refractivity contribution < 1.29 is 9.13 Å². The number of halogens is 2. The van der Waals surface area contributed by atoms with E-state index in [4.69, 9.17) is 16.3 Å². The highest BCUT2D eigenvalue weighted by molar-refractivity contribution is 7.20. The summed E-state index contributed by atoms with van der Waals surface area (Å²) in [7, 11) is 3.73. The van der Waals surface area contributed by atoms with Crippen LogP contribution >= 0.6 is 22.9 Å². The minimum atomic E-state index is -0.301. The van der Waals surface area contributed by atoms with Gasteiger partial charge in [0.1, 0.15) is 11.6 Å². The van der Waals surface area contributed by atoms with E-state index in [-0.39, 0.29) is 11.9 Å². The third-order valence-electron chi connectivity index (χ3n) is 7.38. The summed E-state index contributed by atoms with van der Waals surface area (Å²) in [6.07, 6.45) is 7.89. The zero-order valence-corrected chi connectivity index (χ0v) is 22.7. The molecule has 37 heavy (non-hydrogen) atoms. The Morgan fingerprint density at radius 3 is 2.65 bits per heavy atom. The molecule has 1 aliphatic rings. The lowest BCUT2D eigenvalue weighted by Gasteiger charge is -2.39. The van der Waals surface area contributed by atoms with Crippen LogP contribution in [0.4, 0.5) is 4.39 Å². The molecule has 0 aliphatic heterocycles. The Bertz CT molecular complexity index is 1400. The molecule has 2 heterocycles. The molecule has 4 aromatic rings. The number of aromatic nitrogens is 1. The minimum absolute atomic E-state index is 0.287. The van der Waals surface area contributed by atoms with Crippen LogP contribution in [0.3, 0.4) is 0 Å². The minimum Gasteiger partial charge on any atom is -0.496 e. The topological polar surface area (TPSA) is 37.4 Å². The van der Waals surface area contributed by atoms with E-state index in [1.165, 1.54) is 17.4 Å². The van der Waals surface area contributed by atoms with Crippen molar-refractivity contribution in [1.82, 2.24) is 15.2 Å². The molecule has 0 saturated heterocycles. The van der Waals surface area contributed by atoms with Crippen molar-refractivity contribution in [3.05, 3.63) is 88.8 Å². The number of pyridine rings is 1. The average Bonchev–Trinajstić information content (AvgIpc) is 3.29. The molecule has 192 valence electrons. The highest BCUT2D eigenvalue weighted by Crippen LogP contribution is 2.43. The van der Waals surface area contributed by atoms with Crippen LogP contribution in [0.25, 0.3) is 26.9 Å². The molecule has 0 bridgehead atoms. The van der Waals surface area contributed by atoms with Crippen LogP contribution in [-0.4, -0.2) is 36.1 Å². The molecule has 0 spiro atoms. The van der Waals surface area contributed by atoms with Crippen molar-refractivity contribution in [2.24, 2.45) is 0 Å². The number of hydrogen-bond donors (Lipinski definition) is 1. The molecular formula is C30H31ClFN3OS. The Morgan fingerprint density at radius 1 is 1.16 bits per heavy atom. The van der Waals surface area contributed by atoms with Gasteiger partial charge >= 0.3 is 0 Å². The lowest BCUT2D eigenvalue weighted by Crippen LogP contribution is -2.40. The van der Waals surface area contributed by atoms with E-state index in [0.29, 0.717) is 23.0 Å². The van der Waals surface area contributed by atoms with E-state index >= 15 is 0 Å².